The van der Waals surface area contributed by atoms with Gasteiger partial charge >= 0.3 is 0 Å². The summed E-state index contributed by atoms with van der Waals surface area (Å²) in [6.45, 7) is 2.33. The molecule has 0 N–H and O–H groups in total. The van der Waals surface area contributed by atoms with Gasteiger partial charge in [0.25, 0.3) is 13.4 Å². The molecule has 0 saturated carbocycles. The fourth-order valence-electron chi connectivity index (χ4n) is 12.4. The molecule has 4 nitrogen and oxygen atoms in total. The molecule has 0 aliphatic carbocycles. The molecule has 0 fully saturated rings. The molecule has 10 aromatic rings. The zero-order chi connectivity index (χ0) is 46.2. The van der Waals surface area contributed by atoms with Crippen molar-refractivity contribution in [2.24, 2.45) is 0 Å². The maximum absolute atomic E-state index is 2.69. The first-order chi connectivity index (χ1) is 34.6. The minimum atomic E-state index is 0.00150. The summed E-state index contributed by atoms with van der Waals surface area (Å²) in [5.41, 5.74) is 26.7. The first-order valence-electron chi connectivity index (χ1n) is 24.6. The molecule has 0 spiro atoms. The van der Waals surface area contributed by atoms with Crippen LogP contribution in [-0.4, -0.2) is 13.4 Å². The van der Waals surface area contributed by atoms with Crippen LogP contribution in [0.1, 0.15) is 25.3 Å². The maximum atomic E-state index is 2.69. The second-order valence-corrected chi connectivity index (χ2v) is 21.5. The number of benzene rings is 9. The Kier molecular flexibility index (Phi) is 9.06. The number of halogens is 1. The van der Waals surface area contributed by atoms with Crippen molar-refractivity contribution in [2.45, 2.75) is 26.2 Å². The Morgan fingerprint density at radius 1 is 0.400 bits per heavy atom. The molecule has 0 unspecified atom stereocenters. The van der Waals surface area contributed by atoms with E-state index >= 15 is 0 Å². The van der Waals surface area contributed by atoms with Crippen LogP contribution in [0.25, 0.3) is 22.3 Å². The standard InChI is InChI=1S/C62H43B2IN4S/c1-2-3-18-39-33-53-57-54(34-39)68-50-27-16-17-28-51(50)69-56-38-44(65)37-55-58(56)64(48-35-42(40-19-8-4-9-20-40)30-32-49(48)66(55)45-23-12-6-13-24-45)62-60(69)59(68)61(70-62)63(57)47-31-29-43(41-21-10-5-11-22-41)36-52(47)67(53)46-25-14-7-15-26-46/h4-17,19-38H,2-3,18H2,1H3. The van der Waals surface area contributed by atoms with Crippen LogP contribution >= 0.6 is 33.9 Å². The van der Waals surface area contributed by atoms with Crippen molar-refractivity contribution in [2.75, 3.05) is 19.6 Å². The van der Waals surface area contributed by atoms with E-state index in [2.05, 4.69) is 267 Å². The van der Waals surface area contributed by atoms with Crippen LogP contribution in [-0.2, 0) is 6.42 Å². The lowest BCUT2D eigenvalue weighted by Crippen LogP contribution is -2.61. The zero-order valence-corrected chi connectivity index (χ0v) is 41.5. The van der Waals surface area contributed by atoms with Crippen molar-refractivity contribution in [3.8, 4) is 22.3 Å². The van der Waals surface area contributed by atoms with Crippen LogP contribution in [0.4, 0.5) is 68.2 Å². The molecule has 0 saturated heterocycles. The Morgan fingerprint density at radius 3 is 1.46 bits per heavy atom. The molecule has 6 heterocycles. The van der Waals surface area contributed by atoms with Crippen LogP contribution in [0.15, 0.2) is 206 Å². The maximum Gasteiger partial charge on any atom is 0.264 e. The number of unbranched alkanes of at least 4 members (excludes halogenated alkanes) is 1. The average Bonchev–Trinajstić information content (AvgIpc) is 3.81. The Labute approximate surface area is 427 Å². The molecule has 0 atom stereocenters. The van der Waals surface area contributed by atoms with Crippen LogP contribution < -0.4 is 51.0 Å². The summed E-state index contributed by atoms with van der Waals surface area (Å²) in [6, 6.07) is 77.6. The molecular weight excluding hydrogens is 981 g/mol. The average molecular weight is 1020 g/mol. The van der Waals surface area contributed by atoms with E-state index in [0.717, 1.165) is 19.3 Å². The van der Waals surface area contributed by atoms with Gasteiger partial charge in [0, 0.05) is 58.6 Å². The van der Waals surface area contributed by atoms with E-state index in [4.69, 9.17) is 0 Å². The number of anilines is 12. The molecule has 0 amide bonds. The van der Waals surface area contributed by atoms with Gasteiger partial charge in [-0.15, -0.1) is 0 Å². The highest BCUT2D eigenvalue weighted by molar-refractivity contribution is 14.1. The minimum Gasteiger partial charge on any atom is -0.311 e. The number of nitrogens with zero attached hydrogens (tertiary/aromatic N) is 4. The fourth-order valence-corrected chi connectivity index (χ4v) is 14.5. The number of aryl methyl sites for hydroxylation is 1. The Morgan fingerprint density at radius 2 is 0.871 bits per heavy atom. The van der Waals surface area contributed by atoms with Crippen LogP contribution in [0.3, 0.4) is 0 Å². The van der Waals surface area contributed by atoms with Crippen molar-refractivity contribution in [3.63, 3.8) is 0 Å². The van der Waals surface area contributed by atoms with Crippen LogP contribution in [0.5, 0.6) is 0 Å². The number of rotatable bonds is 7. The van der Waals surface area contributed by atoms with E-state index in [-0.39, 0.29) is 13.4 Å². The summed E-state index contributed by atoms with van der Waals surface area (Å²) in [7, 11) is 0. The third kappa shape index (κ3) is 5.78. The normalized spacial score (nSPS) is 13.9. The highest BCUT2D eigenvalue weighted by Crippen LogP contribution is 2.59. The second kappa shape index (κ2) is 15.6. The topological polar surface area (TPSA) is 13.0 Å². The van der Waals surface area contributed by atoms with Gasteiger partial charge in [0.2, 0.25) is 0 Å². The third-order valence-electron chi connectivity index (χ3n) is 15.3. The first kappa shape index (κ1) is 40.6. The fraction of sp³-hybridized carbons (Fsp3) is 0.0645. The minimum absolute atomic E-state index is 0.00150. The number of fused-ring (bicyclic) bond motifs is 11. The highest BCUT2D eigenvalue weighted by atomic mass is 127. The third-order valence-corrected chi connectivity index (χ3v) is 17.2. The van der Waals surface area contributed by atoms with Gasteiger partial charge in [-0.1, -0.05) is 147 Å². The summed E-state index contributed by atoms with van der Waals surface area (Å²) in [5.74, 6) is 0. The quantitative estimate of drug-likeness (QED) is 0.116. The largest absolute Gasteiger partial charge is 0.311 e. The lowest BCUT2D eigenvalue weighted by Gasteiger charge is -2.49. The van der Waals surface area contributed by atoms with Gasteiger partial charge in [-0.2, -0.15) is 11.3 Å². The Bertz CT molecular complexity index is 3770. The van der Waals surface area contributed by atoms with E-state index in [1.165, 1.54) is 131 Å². The summed E-state index contributed by atoms with van der Waals surface area (Å²) in [6.07, 6.45) is 3.29. The van der Waals surface area contributed by atoms with Crippen molar-refractivity contribution < 1.29 is 0 Å². The number of hydrogen-bond acceptors (Lipinski definition) is 5. The molecule has 70 heavy (non-hydrogen) atoms. The molecule has 0 bridgehead atoms. The molecule has 9 aromatic carbocycles. The van der Waals surface area contributed by atoms with Crippen LogP contribution in [0.2, 0.25) is 0 Å². The molecular formula is C62H43B2IN4S. The lowest BCUT2D eigenvalue weighted by atomic mass is 9.35. The summed E-state index contributed by atoms with van der Waals surface area (Å²) >= 11 is 4.63. The molecule has 330 valence electrons. The summed E-state index contributed by atoms with van der Waals surface area (Å²) < 4.78 is 4.04. The SMILES string of the molecule is CCCCc1cc2c3c(c1)N1c4ccccc4N4c5cc(I)cc6c5B(c5cc(-c7ccccc7)ccc5N6c5ccccc5)c5sc(c1c54)B3c1ccc(-c3ccccc3)cc1N2c1ccccc1. The molecule has 1 aromatic heterocycles. The summed E-state index contributed by atoms with van der Waals surface area (Å²) in [5, 5.41) is 0. The second-order valence-electron chi connectivity index (χ2n) is 19.2. The van der Waals surface area contributed by atoms with Gasteiger partial charge in [0.05, 0.1) is 22.7 Å². The molecule has 8 heteroatoms. The highest BCUT2D eigenvalue weighted by Gasteiger charge is 2.54. The molecule has 15 rings (SSSR count). The van der Waals surface area contributed by atoms with Crippen molar-refractivity contribution in [3.05, 3.63) is 215 Å². The van der Waals surface area contributed by atoms with Gasteiger partial charge in [0.1, 0.15) is 0 Å². The zero-order valence-electron chi connectivity index (χ0n) is 38.5. The van der Waals surface area contributed by atoms with Crippen molar-refractivity contribution in [1.29, 1.82) is 0 Å². The Hall–Kier alpha value is -7.26. The smallest absolute Gasteiger partial charge is 0.264 e. The molecule has 5 aliphatic rings. The van der Waals surface area contributed by atoms with Crippen molar-refractivity contribution in [1.82, 2.24) is 0 Å². The molecule has 0 radical (unpaired) electrons. The van der Waals surface area contributed by atoms with Gasteiger partial charge in [-0.25, -0.2) is 0 Å². The van der Waals surface area contributed by atoms with E-state index in [1.54, 1.807) is 0 Å². The van der Waals surface area contributed by atoms with E-state index in [0.29, 0.717) is 0 Å². The van der Waals surface area contributed by atoms with Gasteiger partial charge < -0.3 is 19.6 Å². The number of thiophene rings is 1. The van der Waals surface area contributed by atoms with E-state index < -0.39 is 0 Å². The predicted molar refractivity (Wildman–Crippen MR) is 308 cm³/mol. The summed E-state index contributed by atoms with van der Waals surface area (Å²) in [4.78, 5) is 10.5. The lowest BCUT2D eigenvalue weighted by molar-refractivity contribution is 0.795. The number of hydrogen-bond donors (Lipinski definition) is 0. The molecule has 5 aliphatic heterocycles. The number of para-hydroxylation sites is 4. The van der Waals surface area contributed by atoms with Crippen LogP contribution in [0, 0.1) is 3.57 Å². The van der Waals surface area contributed by atoms with Gasteiger partial charge in [0.15, 0.2) is 0 Å². The monoisotopic (exact) mass is 1020 g/mol. The van der Waals surface area contributed by atoms with Gasteiger partial charge in [-0.3, -0.25) is 0 Å². The van der Waals surface area contributed by atoms with E-state index in [9.17, 15) is 0 Å². The van der Waals surface area contributed by atoms with Gasteiger partial charge in [-0.05, 0) is 158 Å². The predicted octanol–water partition coefficient (Wildman–Crippen LogP) is 13.5. The first-order valence-corrected chi connectivity index (χ1v) is 26.5. The van der Waals surface area contributed by atoms with E-state index in [1.807, 2.05) is 0 Å². The Balaban J connectivity index is 1.06. The van der Waals surface area contributed by atoms with Crippen molar-refractivity contribution >= 4 is 147 Å².